The maximum atomic E-state index is 14.0. The summed E-state index contributed by atoms with van der Waals surface area (Å²) in [4.78, 5) is 43.8. The van der Waals surface area contributed by atoms with Crippen LogP contribution < -0.4 is 16.8 Å². The number of hydrogen-bond donors (Lipinski definition) is 3. The molecule has 5 N–H and O–H groups in total. The minimum Gasteiger partial charge on any atom is -0.340 e. The van der Waals surface area contributed by atoms with Crippen molar-refractivity contribution in [3.05, 3.63) is 70.2 Å². The summed E-state index contributed by atoms with van der Waals surface area (Å²) in [6, 6.07) is 12.9. The highest BCUT2D eigenvalue weighted by Gasteiger charge is 2.42. The van der Waals surface area contributed by atoms with Gasteiger partial charge in [-0.1, -0.05) is 48.0 Å². The zero-order valence-electron chi connectivity index (χ0n) is 23.7. The first kappa shape index (κ1) is 32.1. The Balaban J connectivity index is 1.52. The maximum absolute atomic E-state index is 14.0. The SMILES string of the molecule is NCc1ccc(Cl)cc1CCC(=O)[C@@H]1C[C@H](N)CN1C(=O)[C@@H](CC(=O)N1CCNCC1)CS(=O)(=O)Cc1ccccc1. The number of nitrogens with two attached hydrogens (primary N) is 2. The van der Waals surface area contributed by atoms with Gasteiger partial charge < -0.3 is 26.6 Å². The molecule has 3 atom stereocenters. The Hall–Kier alpha value is -2.83. The molecule has 228 valence electrons. The van der Waals surface area contributed by atoms with E-state index in [9.17, 15) is 22.8 Å². The van der Waals surface area contributed by atoms with Crippen molar-refractivity contribution in [2.75, 3.05) is 38.5 Å². The molecule has 0 saturated carbocycles. The zero-order valence-corrected chi connectivity index (χ0v) is 25.3. The highest BCUT2D eigenvalue weighted by atomic mass is 35.5. The van der Waals surface area contributed by atoms with E-state index >= 15 is 0 Å². The van der Waals surface area contributed by atoms with Crippen LogP contribution in [0.5, 0.6) is 0 Å². The number of carbonyl (C=O) groups excluding carboxylic acids is 3. The Morgan fingerprint density at radius 3 is 2.45 bits per heavy atom. The number of sulfone groups is 1. The van der Waals surface area contributed by atoms with Gasteiger partial charge in [0.05, 0.1) is 23.5 Å². The Morgan fingerprint density at radius 1 is 1.05 bits per heavy atom. The minimum absolute atomic E-state index is 0.123. The third-order valence-corrected chi connectivity index (χ3v) is 9.86. The Morgan fingerprint density at radius 2 is 1.76 bits per heavy atom. The topological polar surface area (TPSA) is 156 Å². The molecule has 12 heteroatoms. The zero-order chi connectivity index (χ0) is 30.3. The van der Waals surface area contributed by atoms with Gasteiger partial charge in [0, 0.05) is 63.2 Å². The van der Waals surface area contributed by atoms with Crippen LogP contribution in [0.2, 0.25) is 5.02 Å². The summed E-state index contributed by atoms with van der Waals surface area (Å²) in [6.45, 7) is 2.66. The lowest BCUT2D eigenvalue weighted by molar-refractivity contribution is -0.143. The van der Waals surface area contributed by atoms with E-state index in [4.69, 9.17) is 23.1 Å². The van der Waals surface area contributed by atoms with Gasteiger partial charge in [0.2, 0.25) is 11.8 Å². The molecular weight excluding hydrogens is 578 g/mol. The van der Waals surface area contributed by atoms with Gasteiger partial charge in [0.25, 0.3) is 0 Å². The third kappa shape index (κ3) is 8.61. The number of rotatable bonds is 12. The highest BCUT2D eigenvalue weighted by molar-refractivity contribution is 7.90. The minimum atomic E-state index is -3.77. The van der Waals surface area contributed by atoms with Crippen molar-refractivity contribution < 1.29 is 22.8 Å². The number of likely N-dealkylation sites (tertiary alicyclic amines) is 1. The van der Waals surface area contributed by atoms with Crippen molar-refractivity contribution in [3.63, 3.8) is 0 Å². The first-order valence-corrected chi connectivity index (χ1v) is 16.5. The number of hydrogen-bond acceptors (Lipinski definition) is 8. The standard InChI is InChI=1S/C30H40ClN5O5S/c31-25-8-6-23(17-32)22(14-25)7-9-28(37)27-16-26(33)18-36(27)30(39)24(15-29(38)35-12-10-34-11-13-35)20-42(40,41)19-21-4-2-1-3-5-21/h1-6,8,14,24,26-27,34H,7,9-13,15-20,32-33H2/t24-,26-,27-/m0/s1. The van der Waals surface area contributed by atoms with E-state index in [2.05, 4.69) is 5.32 Å². The molecule has 0 unspecified atom stereocenters. The summed E-state index contributed by atoms with van der Waals surface area (Å²) < 4.78 is 26.6. The summed E-state index contributed by atoms with van der Waals surface area (Å²) in [5, 5.41) is 3.73. The molecular formula is C30H40ClN5O5S. The lowest BCUT2D eigenvalue weighted by atomic mass is 9.97. The maximum Gasteiger partial charge on any atom is 0.227 e. The number of benzene rings is 2. The van der Waals surface area contributed by atoms with Crippen molar-refractivity contribution in [1.29, 1.82) is 0 Å². The lowest BCUT2D eigenvalue weighted by Gasteiger charge is -2.31. The van der Waals surface area contributed by atoms with Gasteiger partial charge in [0.1, 0.15) is 0 Å². The van der Waals surface area contributed by atoms with E-state index in [0.29, 0.717) is 49.7 Å². The monoisotopic (exact) mass is 617 g/mol. The van der Waals surface area contributed by atoms with Gasteiger partial charge in [-0.05, 0) is 41.7 Å². The van der Waals surface area contributed by atoms with Crippen LogP contribution in [0.1, 0.15) is 36.0 Å². The summed E-state index contributed by atoms with van der Waals surface area (Å²) in [5.41, 5.74) is 14.4. The van der Waals surface area contributed by atoms with Crippen molar-refractivity contribution in [1.82, 2.24) is 15.1 Å². The van der Waals surface area contributed by atoms with Crippen LogP contribution in [-0.2, 0) is 42.9 Å². The Bertz CT molecular complexity index is 1370. The van der Waals surface area contributed by atoms with E-state index < -0.39 is 39.5 Å². The molecule has 4 rings (SSSR count). The third-order valence-electron chi connectivity index (χ3n) is 7.94. The molecule has 42 heavy (non-hydrogen) atoms. The van der Waals surface area contributed by atoms with Gasteiger partial charge in [-0.2, -0.15) is 0 Å². The van der Waals surface area contributed by atoms with Crippen LogP contribution in [0.3, 0.4) is 0 Å². The summed E-state index contributed by atoms with van der Waals surface area (Å²) in [5.74, 6) is -2.83. The fraction of sp³-hybridized carbons (Fsp3) is 0.500. The molecule has 2 saturated heterocycles. The molecule has 10 nitrogen and oxygen atoms in total. The quantitative estimate of drug-likeness (QED) is 0.322. The van der Waals surface area contributed by atoms with Gasteiger partial charge in [-0.25, -0.2) is 8.42 Å². The molecule has 0 spiro atoms. The fourth-order valence-corrected chi connectivity index (χ4v) is 7.65. The summed E-state index contributed by atoms with van der Waals surface area (Å²) in [6.07, 6.45) is 0.572. The van der Waals surface area contributed by atoms with E-state index in [-0.39, 0.29) is 43.3 Å². The number of piperazine rings is 1. The number of nitrogens with one attached hydrogen (secondary N) is 1. The van der Waals surface area contributed by atoms with Gasteiger partial charge in [0.15, 0.2) is 15.6 Å². The predicted molar refractivity (Wildman–Crippen MR) is 162 cm³/mol. The van der Waals surface area contributed by atoms with E-state index in [1.807, 2.05) is 6.07 Å². The van der Waals surface area contributed by atoms with Crippen LogP contribution in [0, 0.1) is 5.92 Å². The second kappa shape index (κ2) is 14.6. The van der Waals surface area contributed by atoms with Crippen LogP contribution in [-0.4, -0.2) is 86.4 Å². The first-order chi connectivity index (χ1) is 20.1. The molecule has 2 amide bonds. The average molecular weight is 618 g/mol. The first-order valence-electron chi connectivity index (χ1n) is 14.3. The van der Waals surface area contributed by atoms with Crippen molar-refractivity contribution in [3.8, 4) is 0 Å². The molecule has 2 heterocycles. The van der Waals surface area contributed by atoms with Crippen LogP contribution in [0.4, 0.5) is 0 Å². The molecule has 0 aliphatic carbocycles. The number of aryl methyl sites for hydroxylation is 1. The average Bonchev–Trinajstić information content (AvgIpc) is 3.37. The Labute approximate surface area is 252 Å². The molecule has 2 aliphatic heterocycles. The van der Waals surface area contributed by atoms with E-state index in [0.717, 1.165) is 11.1 Å². The van der Waals surface area contributed by atoms with Gasteiger partial charge >= 0.3 is 0 Å². The Kier molecular flexibility index (Phi) is 11.1. The number of nitrogens with zero attached hydrogens (tertiary/aromatic N) is 2. The van der Waals surface area contributed by atoms with E-state index in [1.54, 1.807) is 47.4 Å². The van der Waals surface area contributed by atoms with Crippen molar-refractivity contribution in [2.24, 2.45) is 17.4 Å². The molecule has 2 aromatic rings. The molecule has 2 aliphatic rings. The fourth-order valence-electron chi connectivity index (χ4n) is 5.77. The molecule has 0 aromatic heterocycles. The number of carbonyl (C=O) groups is 3. The van der Waals surface area contributed by atoms with Crippen molar-refractivity contribution in [2.45, 2.75) is 50.1 Å². The molecule has 2 fully saturated rings. The largest absolute Gasteiger partial charge is 0.340 e. The predicted octanol–water partition coefficient (Wildman–Crippen LogP) is 1.28. The number of ketones is 1. The van der Waals surface area contributed by atoms with Crippen LogP contribution in [0.25, 0.3) is 0 Å². The molecule has 0 radical (unpaired) electrons. The van der Waals surface area contributed by atoms with Gasteiger partial charge in [-0.15, -0.1) is 0 Å². The summed E-state index contributed by atoms with van der Waals surface area (Å²) >= 11 is 6.16. The normalized spacial score (nSPS) is 20.0. The van der Waals surface area contributed by atoms with E-state index in [1.165, 1.54) is 4.90 Å². The summed E-state index contributed by atoms with van der Waals surface area (Å²) in [7, 11) is -3.77. The number of halogens is 1. The highest BCUT2D eigenvalue weighted by Crippen LogP contribution is 2.26. The van der Waals surface area contributed by atoms with Crippen molar-refractivity contribution >= 4 is 39.0 Å². The van der Waals surface area contributed by atoms with Crippen LogP contribution >= 0.6 is 11.6 Å². The second-order valence-electron chi connectivity index (χ2n) is 11.2. The number of Topliss-reactive ketones (excluding diaryl/α,β-unsaturated/α-hetero) is 1. The van der Waals surface area contributed by atoms with Crippen LogP contribution in [0.15, 0.2) is 48.5 Å². The van der Waals surface area contributed by atoms with Gasteiger partial charge in [-0.3, -0.25) is 14.4 Å². The smallest absolute Gasteiger partial charge is 0.227 e. The lowest BCUT2D eigenvalue weighted by Crippen LogP contribution is -2.49. The molecule has 0 bridgehead atoms. The second-order valence-corrected chi connectivity index (χ2v) is 13.7. The molecule has 2 aromatic carbocycles. The number of amides is 2.